The quantitative estimate of drug-likeness (QED) is 0.901. The Labute approximate surface area is 126 Å². The summed E-state index contributed by atoms with van der Waals surface area (Å²) in [4.78, 5) is 12.4. The van der Waals surface area contributed by atoms with E-state index in [4.69, 9.17) is 4.74 Å². The Morgan fingerprint density at radius 1 is 1.48 bits per heavy atom. The molecule has 6 heteroatoms. The minimum Gasteiger partial charge on any atom is -0.377 e. The molecular weight excluding hydrogens is 268 g/mol. The highest BCUT2D eigenvalue weighted by molar-refractivity contribution is 5.79. The van der Waals surface area contributed by atoms with E-state index in [0.29, 0.717) is 12.5 Å². The van der Waals surface area contributed by atoms with E-state index in [1.54, 1.807) is 6.33 Å². The Kier molecular flexibility index (Phi) is 5.33. The summed E-state index contributed by atoms with van der Waals surface area (Å²) in [5, 5.41) is 11.0. The minimum absolute atomic E-state index is 0.0155. The number of carbonyl (C=O) groups excluding carboxylic acids is 1. The summed E-state index contributed by atoms with van der Waals surface area (Å²) in [5.74, 6) is 1.14. The normalized spacial score (nSPS) is 22.8. The van der Waals surface area contributed by atoms with Crippen LogP contribution >= 0.6 is 0 Å². The van der Waals surface area contributed by atoms with Gasteiger partial charge in [0.2, 0.25) is 5.91 Å². The lowest BCUT2D eigenvalue weighted by Crippen LogP contribution is -2.43. The van der Waals surface area contributed by atoms with Crippen molar-refractivity contribution < 1.29 is 9.53 Å². The van der Waals surface area contributed by atoms with E-state index in [2.05, 4.69) is 43.2 Å². The van der Waals surface area contributed by atoms with Gasteiger partial charge in [-0.25, -0.2) is 0 Å². The molecule has 0 spiro atoms. The fourth-order valence-electron chi connectivity index (χ4n) is 2.86. The van der Waals surface area contributed by atoms with Crippen LogP contribution in [0.15, 0.2) is 6.33 Å². The van der Waals surface area contributed by atoms with E-state index in [0.717, 1.165) is 25.3 Å². The van der Waals surface area contributed by atoms with Gasteiger partial charge in [-0.15, -0.1) is 10.2 Å². The average Bonchev–Trinajstić information content (AvgIpc) is 2.93. The summed E-state index contributed by atoms with van der Waals surface area (Å²) >= 11 is 0. The number of hydrogen-bond donors (Lipinski definition) is 1. The van der Waals surface area contributed by atoms with Crippen LogP contribution in [-0.2, 0) is 16.1 Å². The highest BCUT2D eigenvalue weighted by Crippen LogP contribution is 2.26. The first kappa shape index (κ1) is 15.9. The van der Waals surface area contributed by atoms with Crippen LogP contribution in [0.4, 0.5) is 0 Å². The third-order valence-corrected chi connectivity index (χ3v) is 3.98. The first-order valence-corrected chi connectivity index (χ1v) is 7.78. The van der Waals surface area contributed by atoms with Crippen LogP contribution in [0, 0.1) is 11.8 Å². The molecule has 0 aliphatic carbocycles. The molecule has 1 aliphatic heterocycles. The van der Waals surface area contributed by atoms with Gasteiger partial charge in [0.05, 0.1) is 18.6 Å². The molecule has 0 unspecified atom stereocenters. The van der Waals surface area contributed by atoms with Crippen LogP contribution in [0.3, 0.4) is 0 Å². The van der Waals surface area contributed by atoms with E-state index in [1.807, 2.05) is 4.57 Å². The van der Waals surface area contributed by atoms with Crippen LogP contribution < -0.4 is 5.32 Å². The number of aromatic nitrogens is 3. The average molecular weight is 294 g/mol. The molecule has 6 nitrogen and oxygen atoms in total. The van der Waals surface area contributed by atoms with Crippen LogP contribution in [0.5, 0.6) is 0 Å². The van der Waals surface area contributed by atoms with Gasteiger partial charge in [-0.3, -0.25) is 4.79 Å². The van der Waals surface area contributed by atoms with Crippen LogP contribution in [0.25, 0.3) is 0 Å². The third-order valence-electron chi connectivity index (χ3n) is 3.98. The van der Waals surface area contributed by atoms with Crippen molar-refractivity contribution in [3.63, 3.8) is 0 Å². The number of hydrogen-bond acceptors (Lipinski definition) is 4. The summed E-state index contributed by atoms with van der Waals surface area (Å²) in [6.07, 6.45) is 3.56. The number of rotatable bonds is 5. The van der Waals surface area contributed by atoms with Gasteiger partial charge in [0.15, 0.2) is 5.82 Å². The van der Waals surface area contributed by atoms with Gasteiger partial charge < -0.3 is 14.6 Å². The highest BCUT2D eigenvalue weighted by atomic mass is 16.5. The van der Waals surface area contributed by atoms with Gasteiger partial charge in [0.25, 0.3) is 0 Å². The smallest absolute Gasteiger partial charge is 0.226 e. The molecule has 2 atom stereocenters. The van der Waals surface area contributed by atoms with E-state index in [1.165, 1.54) is 0 Å². The maximum absolute atomic E-state index is 12.4. The zero-order chi connectivity index (χ0) is 15.4. The van der Waals surface area contributed by atoms with Gasteiger partial charge in [0, 0.05) is 12.6 Å². The van der Waals surface area contributed by atoms with Crippen molar-refractivity contribution >= 4 is 5.91 Å². The Morgan fingerprint density at radius 3 is 2.90 bits per heavy atom. The number of ether oxygens (including phenoxy) is 1. The molecule has 2 heterocycles. The number of carbonyl (C=O) groups is 1. The molecule has 1 aromatic rings. The predicted molar refractivity (Wildman–Crippen MR) is 79.6 cm³/mol. The zero-order valence-electron chi connectivity index (χ0n) is 13.4. The van der Waals surface area contributed by atoms with Crippen molar-refractivity contribution in [2.24, 2.45) is 11.8 Å². The zero-order valence-corrected chi connectivity index (χ0v) is 13.4. The fraction of sp³-hybridized carbons (Fsp3) is 0.800. The lowest BCUT2D eigenvalue weighted by atomic mass is 9.87. The molecule has 2 rings (SSSR count). The second-order valence-electron chi connectivity index (χ2n) is 6.29. The monoisotopic (exact) mass is 294 g/mol. The summed E-state index contributed by atoms with van der Waals surface area (Å²) < 4.78 is 7.75. The highest BCUT2D eigenvalue weighted by Gasteiger charge is 2.33. The number of nitrogens with zero attached hydrogens (tertiary/aromatic N) is 3. The second kappa shape index (κ2) is 7.02. The Bertz CT molecular complexity index is 470. The molecule has 1 N–H and O–H groups in total. The second-order valence-corrected chi connectivity index (χ2v) is 6.29. The van der Waals surface area contributed by atoms with Gasteiger partial charge in [-0.2, -0.15) is 0 Å². The van der Waals surface area contributed by atoms with Crippen molar-refractivity contribution in [3.05, 3.63) is 12.2 Å². The number of nitrogens with one attached hydrogen (secondary N) is 1. The van der Waals surface area contributed by atoms with E-state index >= 15 is 0 Å². The summed E-state index contributed by atoms with van der Waals surface area (Å²) in [6, 6.07) is 0.285. The molecule has 0 radical (unpaired) electrons. The van der Waals surface area contributed by atoms with Crippen molar-refractivity contribution in [3.8, 4) is 0 Å². The van der Waals surface area contributed by atoms with Gasteiger partial charge in [-0.05, 0) is 32.6 Å². The maximum Gasteiger partial charge on any atom is 0.226 e. The van der Waals surface area contributed by atoms with Crippen molar-refractivity contribution in [1.82, 2.24) is 20.1 Å². The predicted octanol–water partition coefficient (Wildman–Crippen LogP) is 1.93. The topological polar surface area (TPSA) is 69.0 Å². The van der Waals surface area contributed by atoms with Crippen molar-refractivity contribution in [2.75, 3.05) is 6.61 Å². The van der Waals surface area contributed by atoms with E-state index < -0.39 is 0 Å². The van der Waals surface area contributed by atoms with Crippen LogP contribution in [-0.4, -0.2) is 33.4 Å². The van der Waals surface area contributed by atoms with Crippen molar-refractivity contribution in [1.29, 1.82) is 0 Å². The van der Waals surface area contributed by atoms with Crippen LogP contribution in [0.2, 0.25) is 0 Å². The molecule has 118 valence electrons. The molecule has 0 bridgehead atoms. The third kappa shape index (κ3) is 3.81. The molecule has 1 fully saturated rings. The first-order valence-electron chi connectivity index (χ1n) is 7.78. The minimum atomic E-state index is -0.0610. The Morgan fingerprint density at radius 2 is 2.24 bits per heavy atom. The Balaban J connectivity index is 1.95. The lowest BCUT2D eigenvalue weighted by molar-refractivity contribution is -0.137. The summed E-state index contributed by atoms with van der Waals surface area (Å²) in [5.41, 5.74) is 0. The maximum atomic E-state index is 12.4. The van der Waals surface area contributed by atoms with Gasteiger partial charge in [0.1, 0.15) is 6.33 Å². The summed E-state index contributed by atoms with van der Waals surface area (Å²) in [7, 11) is 0. The molecule has 0 saturated carbocycles. The molecule has 1 aliphatic rings. The van der Waals surface area contributed by atoms with Crippen molar-refractivity contribution in [2.45, 2.75) is 59.2 Å². The molecule has 0 aromatic carbocycles. The Hall–Kier alpha value is -1.43. The van der Waals surface area contributed by atoms with Crippen LogP contribution in [0.1, 0.15) is 52.4 Å². The molecule has 21 heavy (non-hydrogen) atoms. The molecule has 1 saturated heterocycles. The summed E-state index contributed by atoms with van der Waals surface area (Å²) in [6.45, 7) is 9.51. The van der Waals surface area contributed by atoms with E-state index in [9.17, 15) is 4.79 Å². The molecule has 1 amide bonds. The SMILES string of the molecule is CC(C)[C@H]1OCCC[C@@H]1C(=O)NCc1nncn1C(C)C. The standard InChI is InChI=1S/C15H26N4O2/c1-10(2)14-12(6-5-7-21-14)15(20)16-8-13-18-17-9-19(13)11(3)4/h9-12,14H,5-8H2,1-4H3,(H,16,20)/t12-,14+/m0/s1. The fourth-order valence-corrected chi connectivity index (χ4v) is 2.86. The van der Waals surface area contributed by atoms with E-state index in [-0.39, 0.29) is 24.0 Å². The number of amides is 1. The lowest BCUT2D eigenvalue weighted by Gasteiger charge is -2.33. The molecule has 1 aromatic heterocycles. The van der Waals surface area contributed by atoms with Gasteiger partial charge in [-0.1, -0.05) is 13.8 Å². The largest absolute Gasteiger partial charge is 0.377 e. The first-order chi connectivity index (χ1) is 10.0. The molecular formula is C15H26N4O2. The van der Waals surface area contributed by atoms with Gasteiger partial charge >= 0.3 is 0 Å².